The molecule has 0 aromatic heterocycles. The summed E-state index contributed by atoms with van der Waals surface area (Å²) in [4.78, 5) is 11.7. The van der Waals surface area contributed by atoms with E-state index in [9.17, 15) is 4.79 Å². The van der Waals surface area contributed by atoms with Gasteiger partial charge in [-0.05, 0) is 37.0 Å². The molecule has 1 aromatic rings. The number of ether oxygens (including phenoxy) is 2. The Kier molecular flexibility index (Phi) is 7.73. The molecule has 0 aliphatic heterocycles. The summed E-state index contributed by atoms with van der Waals surface area (Å²) in [5.74, 6) is 0.796. The quantitative estimate of drug-likeness (QED) is 0.723. The lowest BCUT2D eigenvalue weighted by Gasteiger charge is -2.21. The molecule has 0 spiro atoms. The number of carbonyl (C=O) groups is 1. The van der Waals surface area contributed by atoms with Gasteiger partial charge in [0.2, 0.25) is 0 Å². The molecule has 0 atom stereocenters. The highest BCUT2D eigenvalue weighted by Gasteiger charge is 2.13. The summed E-state index contributed by atoms with van der Waals surface area (Å²) in [6, 6.07) is 7.52. The van der Waals surface area contributed by atoms with Crippen LogP contribution >= 0.6 is 0 Å². The highest BCUT2D eigenvalue weighted by Crippen LogP contribution is 2.20. The van der Waals surface area contributed by atoms with E-state index in [0.29, 0.717) is 19.2 Å². The zero-order valence-electron chi connectivity index (χ0n) is 14.0. The van der Waals surface area contributed by atoms with Gasteiger partial charge in [0, 0.05) is 19.7 Å². The molecule has 0 bridgehead atoms. The van der Waals surface area contributed by atoms with Crippen molar-refractivity contribution in [2.24, 2.45) is 0 Å². The van der Waals surface area contributed by atoms with Crippen LogP contribution in [0.3, 0.4) is 0 Å². The van der Waals surface area contributed by atoms with Gasteiger partial charge in [-0.25, -0.2) is 4.79 Å². The average molecular weight is 320 g/mol. The molecular formula is C18H28N2O3. The second-order valence-corrected chi connectivity index (χ2v) is 5.95. The molecule has 5 heteroatoms. The summed E-state index contributed by atoms with van der Waals surface area (Å²) in [5.41, 5.74) is 1.01. The Hall–Kier alpha value is -1.75. The minimum Gasteiger partial charge on any atom is -0.497 e. The van der Waals surface area contributed by atoms with Crippen LogP contribution < -0.4 is 15.4 Å². The first-order chi connectivity index (χ1) is 11.3. The molecule has 1 saturated carbocycles. The maximum Gasteiger partial charge on any atom is 0.315 e. The second-order valence-electron chi connectivity index (χ2n) is 5.95. The van der Waals surface area contributed by atoms with Crippen molar-refractivity contribution >= 4 is 6.03 Å². The minimum absolute atomic E-state index is 0.148. The summed E-state index contributed by atoms with van der Waals surface area (Å²) >= 11 is 0. The van der Waals surface area contributed by atoms with E-state index in [-0.39, 0.29) is 6.03 Å². The van der Waals surface area contributed by atoms with Crippen LogP contribution in [0, 0.1) is 0 Å². The lowest BCUT2D eigenvalue weighted by atomic mass is 9.98. The van der Waals surface area contributed by atoms with E-state index in [4.69, 9.17) is 9.47 Å². The van der Waals surface area contributed by atoms with E-state index in [1.165, 1.54) is 32.1 Å². The molecule has 1 aliphatic rings. The fraction of sp³-hybridized carbons (Fsp3) is 0.611. The largest absolute Gasteiger partial charge is 0.497 e. The topological polar surface area (TPSA) is 59.6 Å². The number of nitrogens with one attached hydrogen (secondary N) is 2. The number of carbonyl (C=O) groups excluding carboxylic acids is 1. The van der Waals surface area contributed by atoms with Crippen LogP contribution in [0.2, 0.25) is 0 Å². The molecule has 2 amide bonds. The van der Waals surface area contributed by atoms with E-state index in [1.54, 1.807) is 7.11 Å². The van der Waals surface area contributed by atoms with Crippen LogP contribution in [-0.2, 0) is 11.3 Å². The van der Waals surface area contributed by atoms with Crippen molar-refractivity contribution in [1.29, 1.82) is 0 Å². The number of amides is 2. The molecule has 0 unspecified atom stereocenters. The van der Waals surface area contributed by atoms with Gasteiger partial charge in [-0.2, -0.15) is 0 Å². The van der Waals surface area contributed by atoms with Gasteiger partial charge in [0.15, 0.2) is 0 Å². The summed E-state index contributed by atoms with van der Waals surface area (Å²) in [6.45, 7) is 1.85. The molecule has 1 aromatic carbocycles. The monoisotopic (exact) mass is 320 g/mol. The highest BCUT2D eigenvalue weighted by atomic mass is 16.5. The normalized spacial score (nSPS) is 15.2. The Balaban J connectivity index is 1.52. The third kappa shape index (κ3) is 6.91. The third-order valence-corrected chi connectivity index (χ3v) is 4.10. The summed E-state index contributed by atoms with van der Waals surface area (Å²) in [7, 11) is 1.63. The average Bonchev–Trinajstić information content (AvgIpc) is 2.61. The third-order valence-electron chi connectivity index (χ3n) is 4.10. The molecule has 1 fully saturated rings. The second kappa shape index (κ2) is 10.1. The van der Waals surface area contributed by atoms with E-state index in [1.807, 2.05) is 24.3 Å². The van der Waals surface area contributed by atoms with Gasteiger partial charge in [0.1, 0.15) is 5.75 Å². The molecule has 128 valence electrons. The molecule has 2 N–H and O–H groups in total. The Bertz CT molecular complexity index is 473. The highest BCUT2D eigenvalue weighted by molar-refractivity contribution is 5.73. The first-order valence-corrected chi connectivity index (χ1v) is 8.54. The number of methoxy groups -OCH3 is 1. The molecule has 0 radical (unpaired) electrons. The predicted molar refractivity (Wildman–Crippen MR) is 90.7 cm³/mol. The van der Waals surface area contributed by atoms with Gasteiger partial charge >= 0.3 is 6.03 Å². The van der Waals surface area contributed by atoms with Gasteiger partial charge in [0.25, 0.3) is 0 Å². The molecule has 2 rings (SSSR count). The van der Waals surface area contributed by atoms with Crippen molar-refractivity contribution in [2.45, 2.75) is 51.2 Å². The fourth-order valence-corrected chi connectivity index (χ4v) is 2.78. The zero-order chi connectivity index (χ0) is 16.3. The van der Waals surface area contributed by atoms with Crippen molar-refractivity contribution in [2.75, 3.05) is 20.3 Å². The van der Waals surface area contributed by atoms with Crippen molar-refractivity contribution in [3.05, 3.63) is 29.8 Å². The smallest absolute Gasteiger partial charge is 0.315 e. The van der Waals surface area contributed by atoms with Gasteiger partial charge < -0.3 is 20.1 Å². The van der Waals surface area contributed by atoms with Crippen molar-refractivity contribution < 1.29 is 14.3 Å². The fourth-order valence-electron chi connectivity index (χ4n) is 2.78. The number of hydrogen-bond donors (Lipinski definition) is 2. The molecule has 0 heterocycles. The standard InChI is InChI=1S/C18H28N2O3/c1-22-17-10-5-7-15(13-17)14-20-18(21)19-11-6-12-23-16-8-3-2-4-9-16/h5,7,10,13,16H,2-4,6,8-9,11-12,14H2,1H3,(H2,19,20,21). The van der Waals surface area contributed by atoms with Gasteiger partial charge in [-0.1, -0.05) is 31.4 Å². The zero-order valence-corrected chi connectivity index (χ0v) is 14.0. The molecule has 5 nitrogen and oxygen atoms in total. The SMILES string of the molecule is COc1cccc(CNC(=O)NCCCOC2CCCCC2)c1. The lowest BCUT2D eigenvalue weighted by Crippen LogP contribution is -2.36. The van der Waals surface area contributed by atoms with Gasteiger partial charge in [0.05, 0.1) is 13.2 Å². The van der Waals surface area contributed by atoms with Crippen LogP contribution in [0.5, 0.6) is 5.75 Å². The molecule has 1 aliphatic carbocycles. The summed E-state index contributed by atoms with van der Waals surface area (Å²) in [5, 5.41) is 5.70. The molecule has 0 saturated heterocycles. The number of rotatable bonds is 8. The summed E-state index contributed by atoms with van der Waals surface area (Å²) < 4.78 is 11.0. The van der Waals surface area contributed by atoms with Crippen LogP contribution in [-0.4, -0.2) is 32.4 Å². The Labute approximate surface area is 138 Å². The summed E-state index contributed by atoms with van der Waals surface area (Å²) in [6.07, 6.45) is 7.58. The lowest BCUT2D eigenvalue weighted by molar-refractivity contribution is 0.0275. The molecular weight excluding hydrogens is 292 g/mol. The Morgan fingerprint density at radius 1 is 1.22 bits per heavy atom. The molecule has 23 heavy (non-hydrogen) atoms. The maximum absolute atomic E-state index is 11.7. The van der Waals surface area contributed by atoms with Gasteiger partial charge in [-0.15, -0.1) is 0 Å². The van der Waals surface area contributed by atoms with E-state index >= 15 is 0 Å². The number of hydrogen-bond acceptors (Lipinski definition) is 3. The van der Waals surface area contributed by atoms with Crippen molar-refractivity contribution in [3.8, 4) is 5.75 Å². The number of benzene rings is 1. The van der Waals surface area contributed by atoms with Gasteiger partial charge in [-0.3, -0.25) is 0 Å². The van der Waals surface area contributed by atoms with Crippen LogP contribution in [0.1, 0.15) is 44.1 Å². The van der Waals surface area contributed by atoms with Crippen LogP contribution in [0.4, 0.5) is 4.79 Å². The van der Waals surface area contributed by atoms with E-state index < -0.39 is 0 Å². The van der Waals surface area contributed by atoms with Crippen molar-refractivity contribution in [3.63, 3.8) is 0 Å². The van der Waals surface area contributed by atoms with Crippen LogP contribution in [0.25, 0.3) is 0 Å². The Morgan fingerprint density at radius 2 is 2.04 bits per heavy atom. The van der Waals surface area contributed by atoms with E-state index in [2.05, 4.69) is 10.6 Å². The van der Waals surface area contributed by atoms with E-state index in [0.717, 1.165) is 24.3 Å². The Morgan fingerprint density at radius 3 is 2.83 bits per heavy atom. The first kappa shape index (κ1) is 17.6. The van der Waals surface area contributed by atoms with Crippen LogP contribution in [0.15, 0.2) is 24.3 Å². The number of urea groups is 1. The first-order valence-electron chi connectivity index (χ1n) is 8.54. The maximum atomic E-state index is 11.7. The minimum atomic E-state index is -0.148. The predicted octanol–water partition coefficient (Wildman–Crippen LogP) is 3.23. The van der Waals surface area contributed by atoms with Crippen molar-refractivity contribution in [1.82, 2.24) is 10.6 Å².